The van der Waals surface area contributed by atoms with Crippen molar-refractivity contribution >= 4 is 28.7 Å². The molecule has 0 radical (unpaired) electrons. The zero-order valence-corrected chi connectivity index (χ0v) is 14.9. The van der Waals surface area contributed by atoms with Crippen LogP contribution in [0.3, 0.4) is 0 Å². The third kappa shape index (κ3) is 4.22. The van der Waals surface area contributed by atoms with Crippen LogP contribution in [0.5, 0.6) is 5.75 Å². The van der Waals surface area contributed by atoms with Gasteiger partial charge in [0.25, 0.3) is 5.91 Å². The number of amides is 1. The highest BCUT2D eigenvalue weighted by Gasteiger charge is 2.05. The quantitative estimate of drug-likeness (QED) is 0.451. The number of hydrogen-bond donors (Lipinski definition) is 3. The van der Waals surface area contributed by atoms with E-state index in [0.29, 0.717) is 6.61 Å². The third-order valence-corrected chi connectivity index (χ3v) is 3.94. The van der Waals surface area contributed by atoms with E-state index in [9.17, 15) is 4.79 Å². The SMILES string of the molecule is CCOc1ccc(NCC(=O)NN=Cc2c(C)[nH]c3ccccc23)cc1. The number of nitrogens with one attached hydrogen (secondary N) is 3. The molecule has 0 fully saturated rings. The second kappa shape index (κ2) is 8.20. The number of hydrazone groups is 1. The van der Waals surface area contributed by atoms with Crippen molar-refractivity contribution in [2.24, 2.45) is 5.10 Å². The highest BCUT2D eigenvalue weighted by molar-refractivity contribution is 6.00. The van der Waals surface area contributed by atoms with Crippen LogP contribution in [0.4, 0.5) is 5.69 Å². The Morgan fingerprint density at radius 3 is 2.73 bits per heavy atom. The van der Waals surface area contributed by atoms with E-state index in [-0.39, 0.29) is 12.5 Å². The zero-order valence-electron chi connectivity index (χ0n) is 14.9. The molecule has 0 unspecified atom stereocenters. The number of carbonyl (C=O) groups is 1. The van der Waals surface area contributed by atoms with E-state index in [4.69, 9.17) is 4.74 Å². The van der Waals surface area contributed by atoms with Gasteiger partial charge in [0.15, 0.2) is 0 Å². The average Bonchev–Trinajstić information content (AvgIpc) is 2.97. The Hall–Kier alpha value is -3.28. The standard InChI is InChI=1S/C20H22N4O2/c1-3-26-16-10-8-15(9-11-16)21-13-20(25)24-22-12-18-14(2)23-19-7-5-4-6-17(18)19/h4-12,21,23H,3,13H2,1-2H3,(H,24,25). The van der Waals surface area contributed by atoms with E-state index in [2.05, 4.69) is 20.8 Å². The van der Waals surface area contributed by atoms with Crippen molar-refractivity contribution < 1.29 is 9.53 Å². The molecule has 3 aromatic rings. The highest BCUT2D eigenvalue weighted by Crippen LogP contribution is 2.19. The number of hydrogen-bond acceptors (Lipinski definition) is 4. The molecule has 3 N–H and O–H groups in total. The molecule has 0 saturated heterocycles. The molecule has 0 aliphatic carbocycles. The van der Waals surface area contributed by atoms with Crippen LogP contribution in [0.25, 0.3) is 10.9 Å². The molecular weight excluding hydrogens is 328 g/mol. The van der Waals surface area contributed by atoms with Crippen molar-refractivity contribution in [1.29, 1.82) is 0 Å². The lowest BCUT2D eigenvalue weighted by Crippen LogP contribution is -2.25. The number of anilines is 1. The summed E-state index contributed by atoms with van der Waals surface area (Å²) in [6.07, 6.45) is 1.67. The molecule has 26 heavy (non-hydrogen) atoms. The van der Waals surface area contributed by atoms with Gasteiger partial charge in [-0.05, 0) is 44.2 Å². The molecule has 3 rings (SSSR count). The normalized spacial score (nSPS) is 11.0. The van der Waals surface area contributed by atoms with Gasteiger partial charge in [-0.2, -0.15) is 5.10 Å². The minimum atomic E-state index is -0.215. The van der Waals surface area contributed by atoms with Gasteiger partial charge in [0, 0.05) is 27.8 Å². The molecule has 0 spiro atoms. The van der Waals surface area contributed by atoms with Crippen molar-refractivity contribution in [2.75, 3.05) is 18.5 Å². The number of aromatic nitrogens is 1. The molecular formula is C20H22N4O2. The van der Waals surface area contributed by atoms with Crippen LogP contribution in [-0.4, -0.2) is 30.3 Å². The molecule has 0 aliphatic heterocycles. The van der Waals surface area contributed by atoms with Gasteiger partial charge in [0.2, 0.25) is 0 Å². The third-order valence-electron chi connectivity index (χ3n) is 3.94. The molecule has 0 aliphatic rings. The van der Waals surface area contributed by atoms with E-state index in [1.54, 1.807) is 6.21 Å². The van der Waals surface area contributed by atoms with Gasteiger partial charge in [-0.25, -0.2) is 5.43 Å². The van der Waals surface area contributed by atoms with Crippen LogP contribution in [0.15, 0.2) is 53.6 Å². The Morgan fingerprint density at radius 1 is 1.19 bits per heavy atom. The summed E-state index contributed by atoms with van der Waals surface area (Å²) in [7, 11) is 0. The average molecular weight is 350 g/mol. The number of H-pyrrole nitrogens is 1. The van der Waals surface area contributed by atoms with Crippen LogP contribution in [-0.2, 0) is 4.79 Å². The van der Waals surface area contributed by atoms with E-state index < -0.39 is 0 Å². The van der Waals surface area contributed by atoms with Gasteiger partial charge in [-0.1, -0.05) is 18.2 Å². The maximum absolute atomic E-state index is 11.9. The predicted molar refractivity (Wildman–Crippen MR) is 105 cm³/mol. The summed E-state index contributed by atoms with van der Waals surface area (Å²) in [5.41, 5.74) is 6.43. The topological polar surface area (TPSA) is 78.5 Å². The molecule has 2 aromatic carbocycles. The summed E-state index contributed by atoms with van der Waals surface area (Å²) in [6.45, 7) is 4.69. The van der Waals surface area contributed by atoms with Gasteiger partial charge in [-0.3, -0.25) is 4.79 Å². The van der Waals surface area contributed by atoms with E-state index >= 15 is 0 Å². The molecule has 6 nitrogen and oxygen atoms in total. The van der Waals surface area contributed by atoms with Crippen molar-refractivity contribution in [2.45, 2.75) is 13.8 Å². The summed E-state index contributed by atoms with van der Waals surface area (Å²) < 4.78 is 5.39. The van der Waals surface area contributed by atoms with Crippen LogP contribution in [0, 0.1) is 6.92 Å². The number of aromatic amines is 1. The fraction of sp³-hybridized carbons (Fsp3) is 0.200. The Morgan fingerprint density at radius 2 is 1.96 bits per heavy atom. The van der Waals surface area contributed by atoms with Crippen molar-refractivity contribution in [1.82, 2.24) is 10.4 Å². The van der Waals surface area contributed by atoms with Gasteiger partial charge in [-0.15, -0.1) is 0 Å². The number of para-hydroxylation sites is 1. The second-order valence-corrected chi connectivity index (χ2v) is 5.81. The van der Waals surface area contributed by atoms with Crippen molar-refractivity contribution in [3.05, 3.63) is 59.8 Å². The first kappa shape index (κ1) is 17.5. The largest absolute Gasteiger partial charge is 0.494 e. The van der Waals surface area contributed by atoms with Crippen molar-refractivity contribution in [3.63, 3.8) is 0 Å². The molecule has 6 heteroatoms. The summed E-state index contributed by atoms with van der Waals surface area (Å²) in [5.74, 6) is 0.592. The van der Waals surface area contributed by atoms with Gasteiger partial charge in [0.05, 0.1) is 19.4 Å². The van der Waals surface area contributed by atoms with E-state index in [0.717, 1.165) is 33.6 Å². The van der Waals surface area contributed by atoms with Gasteiger partial charge in [0.1, 0.15) is 5.75 Å². The van der Waals surface area contributed by atoms with Gasteiger partial charge >= 0.3 is 0 Å². The number of benzene rings is 2. The Bertz CT molecular complexity index is 913. The number of ether oxygens (including phenoxy) is 1. The molecule has 0 bridgehead atoms. The summed E-state index contributed by atoms with van der Waals surface area (Å²) >= 11 is 0. The van der Waals surface area contributed by atoms with E-state index in [1.165, 1.54) is 0 Å². The van der Waals surface area contributed by atoms with Crippen LogP contribution < -0.4 is 15.5 Å². The Balaban J connectivity index is 1.53. The molecule has 0 atom stereocenters. The monoisotopic (exact) mass is 350 g/mol. The number of fused-ring (bicyclic) bond motifs is 1. The fourth-order valence-corrected chi connectivity index (χ4v) is 2.69. The highest BCUT2D eigenvalue weighted by atomic mass is 16.5. The van der Waals surface area contributed by atoms with E-state index in [1.807, 2.05) is 62.4 Å². The number of rotatable bonds is 7. The Kier molecular flexibility index (Phi) is 5.53. The lowest BCUT2D eigenvalue weighted by atomic mass is 10.1. The second-order valence-electron chi connectivity index (χ2n) is 5.81. The first-order chi connectivity index (χ1) is 12.7. The van der Waals surface area contributed by atoms with Crippen molar-refractivity contribution in [3.8, 4) is 5.75 Å². The maximum atomic E-state index is 11.9. The van der Waals surface area contributed by atoms with Crippen LogP contribution in [0.2, 0.25) is 0 Å². The first-order valence-corrected chi connectivity index (χ1v) is 8.53. The number of aryl methyl sites for hydroxylation is 1. The zero-order chi connectivity index (χ0) is 18.4. The minimum Gasteiger partial charge on any atom is -0.494 e. The van der Waals surface area contributed by atoms with Gasteiger partial charge < -0.3 is 15.0 Å². The lowest BCUT2D eigenvalue weighted by Gasteiger charge is -2.07. The Labute approximate surface area is 152 Å². The minimum absolute atomic E-state index is 0.137. The fourth-order valence-electron chi connectivity index (χ4n) is 2.69. The first-order valence-electron chi connectivity index (χ1n) is 8.53. The molecule has 134 valence electrons. The lowest BCUT2D eigenvalue weighted by molar-refractivity contribution is -0.119. The molecule has 0 saturated carbocycles. The maximum Gasteiger partial charge on any atom is 0.259 e. The van der Waals surface area contributed by atoms with Crippen LogP contribution in [0.1, 0.15) is 18.2 Å². The molecule has 1 amide bonds. The smallest absolute Gasteiger partial charge is 0.259 e. The molecule has 1 heterocycles. The molecule has 1 aromatic heterocycles. The summed E-state index contributed by atoms with van der Waals surface area (Å²) in [5, 5.41) is 8.20. The van der Waals surface area contributed by atoms with Crippen LogP contribution >= 0.6 is 0 Å². The number of carbonyl (C=O) groups excluding carboxylic acids is 1. The predicted octanol–water partition coefficient (Wildman–Crippen LogP) is 3.44. The summed E-state index contributed by atoms with van der Waals surface area (Å²) in [6, 6.07) is 15.5. The summed E-state index contributed by atoms with van der Waals surface area (Å²) in [4.78, 5) is 15.2. The number of nitrogens with zero attached hydrogens (tertiary/aromatic N) is 1.